The van der Waals surface area contributed by atoms with E-state index in [4.69, 9.17) is 18.0 Å². The van der Waals surface area contributed by atoms with Crippen LogP contribution >= 0.6 is 12.2 Å². The third kappa shape index (κ3) is 4.54. The predicted molar refractivity (Wildman–Crippen MR) is 80.7 cm³/mol. The van der Waals surface area contributed by atoms with Crippen LogP contribution < -0.4 is 10.5 Å². The lowest BCUT2D eigenvalue weighted by molar-refractivity contribution is 0.314. The fourth-order valence-corrected chi connectivity index (χ4v) is 2.55. The van der Waals surface area contributed by atoms with E-state index in [1.165, 1.54) is 12.1 Å². The molecule has 1 unspecified atom stereocenters. The second-order valence-electron chi connectivity index (χ2n) is 4.55. The van der Waals surface area contributed by atoms with Crippen LogP contribution in [0.5, 0.6) is 0 Å². The third-order valence-corrected chi connectivity index (χ3v) is 4.57. The van der Waals surface area contributed by atoms with E-state index in [1.54, 1.807) is 12.1 Å². The van der Waals surface area contributed by atoms with Crippen molar-refractivity contribution in [2.24, 2.45) is 5.73 Å². The van der Waals surface area contributed by atoms with Crippen LogP contribution in [-0.2, 0) is 10.0 Å². The number of nitrogens with two attached hydrogens (primary N) is 1. The summed E-state index contributed by atoms with van der Waals surface area (Å²) in [7, 11) is 0.305. The normalized spacial score (nSPS) is 13.5. The molecule has 0 aliphatic carbocycles. The SMILES string of the molecule is CC(CNS(=O)(=O)c1ccc(C(N)=S)cc1)N(C)C. The summed E-state index contributed by atoms with van der Waals surface area (Å²) >= 11 is 4.82. The van der Waals surface area contributed by atoms with E-state index in [0.29, 0.717) is 12.1 Å². The molecule has 0 saturated carbocycles. The lowest BCUT2D eigenvalue weighted by atomic mass is 10.2. The maximum absolute atomic E-state index is 12.0. The average molecular weight is 301 g/mol. The topological polar surface area (TPSA) is 75.4 Å². The molecule has 3 N–H and O–H groups in total. The second kappa shape index (κ2) is 6.42. The van der Waals surface area contributed by atoms with Crippen molar-refractivity contribution in [3.63, 3.8) is 0 Å². The Morgan fingerprint density at radius 3 is 2.32 bits per heavy atom. The molecule has 0 fully saturated rings. The van der Waals surface area contributed by atoms with Crippen molar-refractivity contribution in [1.29, 1.82) is 0 Å². The Kier molecular flexibility index (Phi) is 5.42. The first-order chi connectivity index (χ1) is 8.74. The highest BCUT2D eigenvalue weighted by atomic mass is 32.2. The van der Waals surface area contributed by atoms with Gasteiger partial charge in [-0.3, -0.25) is 0 Å². The molecular formula is C12H19N3O2S2. The molecule has 0 amide bonds. The summed E-state index contributed by atoms with van der Waals surface area (Å²) in [6.45, 7) is 2.30. The van der Waals surface area contributed by atoms with Gasteiger partial charge in [0.25, 0.3) is 0 Å². The molecule has 0 heterocycles. The van der Waals surface area contributed by atoms with E-state index in [1.807, 2.05) is 25.9 Å². The van der Waals surface area contributed by atoms with Gasteiger partial charge < -0.3 is 10.6 Å². The Morgan fingerprint density at radius 1 is 1.37 bits per heavy atom. The van der Waals surface area contributed by atoms with Crippen LogP contribution in [0.4, 0.5) is 0 Å². The molecule has 0 saturated heterocycles. The summed E-state index contributed by atoms with van der Waals surface area (Å²) in [6, 6.07) is 6.32. The maximum Gasteiger partial charge on any atom is 0.240 e. The first-order valence-electron chi connectivity index (χ1n) is 5.80. The van der Waals surface area contributed by atoms with Crippen LogP contribution in [0.3, 0.4) is 0 Å². The van der Waals surface area contributed by atoms with Crippen molar-refractivity contribution >= 4 is 27.2 Å². The van der Waals surface area contributed by atoms with Crippen LogP contribution in [-0.4, -0.2) is 45.0 Å². The molecule has 0 aliphatic heterocycles. The minimum absolute atomic E-state index is 0.116. The van der Waals surface area contributed by atoms with Gasteiger partial charge in [-0.2, -0.15) is 0 Å². The summed E-state index contributed by atoms with van der Waals surface area (Å²) in [4.78, 5) is 2.40. The van der Waals surface area contributed by atoms with E-state index >= 15 is 0 Å². The van der Waals surface area contributed by atoms with Gasteiger partial charge in [0.15, 0.2) is 0 Å². The first-order valence-corrected chi connectivity index (χ1v) is 7.69. The van der Waals surface area contributed by atoms with E-state index in [9.17, 15) is 8.42 Å². The molecule has 1 atom stereocenters. The zero-order valence-corrected chi connectivity index (χ0v) is 12.9. The molecule has 106 valence electrons. The van der Waals surface area contributed by atoms with Gasteiger partial charge in [-0.25, -0.2) is 13.1 Å². The molecule has 1 aromatic carbocycles. The van der Waals surface area contributed by atoms with Crippen LogP contribution in [0.1, 0.15) is 12.5 Å². The Morgan fingerprint density at radius 2 is 1.89 bits per heavy atom. The molecule has 1 rings (SSSR count). The van der Waals surface area contributed by atoms with Crippen molar-refractivity contribution in [3.05, 3.63) is 29.8 Å². The van der Waals surface area contributed by atoms with E-state index in [-0.39, 0.29) is 15.9 Å². The van der Waals surface area contributed by atoms with E-state index in [2.05, 4.69) is 4.72 Å². The van der Waals surface area contributed by atoms with Crippen molar-refractivity contribution in [1.82, 2.24) is 9.62 Å². The molecule has 0 radical (unpaired) electrons. The minimum atomic E-state index is -3.49. The number of sulfonamides is 1. The number of nitrogens with one attached hydrogen (secondary N) is 1. The van der Waals surface area contributed by atoms with Gasteiger partial charge in [-0.15, -0.1) is 0 Å². The number of nitrogens with zero attached hydrogens (tertiary/aromatic N) is 1. The number of rotatable bonds is 6. The van der Waals surface area contributed by atoms with Crippen molar-refractivity contribution in [2.75, 3.05) is 20.6 Å². The van der Waals surface area contributed by atoms with Crippen molar-refractivity contribution in [2.45, 2.75) is 17.9 Å². The van der Waals surface area contributed by atoms with E-state index < -0.39 is 10.0 Å². The highest BCUT2D eigenvalue weighted by Crippen LogP contribution is 2.10. The Balaban J connectivity index is 2.80. The monoisotopic (exact) mass is 301 g/mol. The lowest BCUT2D eigenvalue weighted by Crippen LogP contribution is -2.38. The van der Waals surface area contributed by atoms with Crippen LogP contribution in [0.25, 0.3) is 0 Å². The fourth-order valence-electron chi connectivity index (χ4n) is 1.29. The fraction of sp³-hybridized carbons (Fsp3) is 0.417. The van der Waals surface area contributed by atoms with Crippen LogP contribution in [0, 0.1) is 0 Å². The number of benzene rings is 1. The zero-order chi connectivity index (χ0) is 14.6. The van der Waals surface area contributed by atoms with Gasteiger partial charge in [0.1, 0.15) is 4.99 Å². The highest BCUT2D eigenvalue weighted by Gasteiger charge is 2.15. The molecule has 0 spiro atoms. The smallest absolute Gasteiger partial charge is 0.240 e. The van der Waals surface area contributed by atoms with Gasteiger partial charge in [0.05, 0.1) is 4.90 Å². The summed E-state index contributed by atoms with van der Waals surface area (Å²) in [5, 5.41) is 0. The molecule has 7 heteroatoms. The van der Waals surface area contributed by atoms with E-state index in [0.717, 1.165) is 0 Å². The number of thiocarbonyl (C=S) groups is 1. The molecule has 1 aromatic rings. The number of hydrogen-bond donors (Lipinski definition) is 2. The largest absolute Gasteiger partial charge is 0.389 e. The molecule has 0 aromatic heterocycles. The zero-order valence-electron chi connectivity index (χ0n) is 11.3. The molecule has 0 aliphatic rings. The molecule has 5 nitrogen and oxygen atoms in total. The predicted octanol–water partition coefficient (Wildman–Crippen LogP) is 0.549. The number of hydrogen-bond acceptors (Lipinski definition) is 4. The second-order valence-corrected chi connectivity index (χ2v) is 6.76. The summed E-state index contributed by atoms with van der Waals surface area (Å²) in [5.41, 5.74) is 6.11. The van der Waals surface area contributed by atoms with Crippen LogP contribution in [0.15, 0.2) is 29.2 Å². The van der Waals surface area contributed by atoms with Crippen molar-refractivity contribution < 1.29 is 8.42 Å². The number of likely N-dealkylation sites (N-methyl/N-ethyl adjacent to an activating group) is 1. The molecular weight excluding hydrogens is 282 g/mol. The Bertz CT molecular complexity index is 539. The quantitative estimate of drug-likeness (QED) is 0.751. The third-order valence-electron chi connectivity index (χ3n) is 2.90. The molecule has 19 heavy (non-hydrogen) atoms. The Labute approximate surface area is 119 Å². The average Bonchev–Trinajstić information content (AvgIpc) is 2.36. The van der Waals surface area contributed by atoms with Gasteiger partial charge in [0.2, 0.25) is 10.0 Å². The minimum Gasteiger partial charge on any atom is -0.389 e. The summed E-state index contributed by atoms with van der Waals surface area (Å²) < 4.78 is 26.7. The summed E-state index contributed by atoms with van der Waals surface area (Å²) in [5.74, 6) is 0. The van der Waals surface area contributed by atoms with Gasteiger partial charge in [-0.05, 0) is 33.2 Å². The van der Waals surface area contributed by atoms with Crippen LogP contribution in [0.2, 0.25) is 0 Å². The Hall–Kier alpha value is -1.02. The maximum atomic E-state index is 12.0. The summed E-state index contributed by atoms with van der Waals surface area (Å²) in [6.07, 6.45) is 0. The molecule has 0 bridgehead atoms. The highest BCUT2D eigenvalue weighted by molar-refractivity contribution is 7.89. The lowest BCUT2D eigenvalue weighted by Gasteiger charge is -2.20. The van der Waals surface area contributed by atoms with Gasteiger partial charge in [-0.1, -0.05) is 24.4 Å². The first kappa shape index (κ1) is 16.0. The standard InChI is InChI=1S/C12H19N3O2S2/c1-9(15(2)3)8-14-19(16,17)11-6-4-10(5-7-11)12(13)18/h4-7,9,14H,8H2,1-3H3,(H2,13,18). The van der Waals surface area contributed by atoms with Gasteiger partial charge >= 0.3 is 0 Å². The van der Waals surface area contributed by atoms with Gasteiger partial charge in [0, 0.05) is 18.2 Å². The van der Waals surface area contributed by atoms with Crippen molar-refractivity contribution in [3.8, 4) is 0 Å².